The van der Waals surface area contributed by atoms with Crippen LogP contribution in [0, 0.1) is 34.5 Å². The van der Waals surface area contributed by atoms with Crippen LogP contribution >= 0.6 is 23.4 Å². The largest absolute Gasteiger partial charge is 0.286 e. The van der Waals surface area contributed by atoms with E-state index in [1.54, 1.807) is 17.3 Å². The molecule has 34 heavy (non-hydrogen) atoms. The van der Waals surface area contributed by atoms with Crippen LogP contribution in [-0.4, -0.2) is 15.7 Å². The third kappa shape index (κ3) is 5.34. The van der Waals surface area contributed by atoms with Crippen molar-refractivity contribution in [1.29, 1.82) is 0 Å². The molecule has 4 rings (SSSR count). The molecule has 194 valence electrons. The number of halogens is 1. The van der Waals surface area contributed by atoms with E-state index in [0.717, 1.165) is 36.5 Å². The van der Waals surface area contributed by atoms with Gasteiger partial charge in [0.05, 0.1) is 0 Å². The Morgan fingerprint density at radius 2 is 1.79 bits per heavy atom. The standard InChI is InChI=1S/C31H51ClOS/c1-5-7-8-9-10-11-12-22-14-16-26-25-15-13-23-21-24(34-29(33)28(32)6-2)17-19-31(23,4)27(25)18-20-30(22,26)3/h13,22,24-28H,5-12,14-21H2,1-4H3/t22-,24+,25+,26-,27+,28-,30-,31+/m1/s1. The van der Waals surface area contributed by atoms with Crippen LogP contribution in [0.4, 0.5) is 0 Å². The van der Waals surface area contributed by atoms with Crippen LogP contribution in [0.15, 0.2) is 11.6 Å². The van der Waals surface area contributed by atoms with Gasteiger partial charge in [-0.25, -0.2) is 0 Å². The summed E-state index contributed by atoms with van der Waals surface area (Å²) in [6, 6.07) is 0. The number of carbonyl (C=O) groups is 1. The lowest BCUT2D eigenvalue weighted by molar-refractivity contribution is -0.110. The van der Waals surface area contributed by atoms with Crippen LogP contribution in [-0.2, 0) is 4.79 Å². The van der Waals surface area contributed by atoms with Gasteiger partial charge in [0.2, 0.25) is 5.12 Å². The van der Waals surface area contributed by atoms with Crippen molar-refractivity contribution in [2.75, 3.05) is 0 Å². The van der Waals surface area contributed by atoms with Crippen LogP contribution < -0.4 is 0 Å². The van der Waals surface area contributed by atoms with Crippen molar-refractivity contribution < 1.29 is 4.79 Å². The Labute approximate surface area is 220 Å². The van der Waals surface area contributed by atoms with Crippen molar-refractivity contribution in [2.45, 2.75) is 141 Å². The van der Waals surface area contributed by atoms with Gasteiger partial charge >= 0.3 is 0 Å². The van der Waals surface area contributed by atoms with Crippen molar-refractivity contribution >= 4 is 28.5 Å². The van der Waals surface area contributed by atoms with Gasteiger partial charge in [-0.05, 0) is 98.7 Å². The number of alkyl halides is 1. The Bertz CT molecular complexity index is 733. The first-order valence-corrected chi connectivity index (χ1v) is 16.2. The Morgan fingerprint density at radius 1 is 1.03 bits per heavy atom. The third-order valence-electron chi connectivity index (χ3n) is 11.1. The van der Waals surface area contributed by atoms with Gasteiger partial charge in [-0.2, -0.15) is 0 Å². The smallest absolute Gasteiger partial charge is 0.207 e. The molecule has 8 atom stereocenters. The van der Waals surface area contributed by atoms with Crippen molar-refractivity contribution in [3.05, 3.63) is 11.6 Å². The molecule has 0 spiro atoms. The number of hydrogen-bond donors (Lipinski definition) is 0. The van der Waals surface area contributed by atoms with Gasteiger partial charge in [-0.1, -0.05) is 89.6 Å². The quantitative estimate of drug-likeness (QED) is 0.166. The van der Waals surface area contributed by atoms with E-state index >= 15 is 0 Å². The summed E-state index contributed by atoms with van der Waals surface area (Å²) in [5.74, 6) is 3.70. The molecule has 3 saturated carbocycles. The molecule has 0 amide bonds. The fourth-order valence-electron chi connectivity index (χ4n) is 8.89. The van der Waals surface area contributed by atoms with Crippen molar-refractivity contribution in [2.24, 2.45) is 34.5 Å². The number of carbonyl (C=O) groups excluding carboxylic acids is 1. The molecular formula is C31H51ClOS. The Kier molecular flexibility index (Phi) is 9.26. The number of fused-ring (bicyclic) bond motifs is 5. The van der Waals surface area contributed by atoms with Gasteiger partial charge in [0.25, 0.3) is 0 Å². The molecule has 0 bridgehead atoms. The fraction of sp³-hybridized carbons (Fsp3) is 0.903. The zero-order valence-electron chi connectivity index (χ0n) is 22.5. The lowest BCUT2D eigenvalue weighted by atomic mass is 9.47. The lowest BCUT2D eigenvalue weighted by Gasteiger charge is -2.58. The van der Waals surface area contributed by atoms with Crippen LogP contribution in [0.1, 0.15) is 130 Å². The van der Waals surface area contributed by atoms with Gasteiger partial charge in [0, 0.05) is 5.25 Å². The van der Waals surface area contributed by atoms with Gasteiger partial charge in [0.15, 0.2) is 0 Å². The number of rotatable bonds is 10. The average molecular weight is 507 g/mol. The van der Waals surface area contributed by atoms with Crippen LogP contribution in [0.2, 0.25) is 0 Å². The predicted octanol–water partition coefficient (Wildman–Crippen LogP) is 9.96. The summed E-state index contributed by atoms with van der Waals surface area (Å²) >= 11 is 7.80. The van der Waals surface area contributed by atoms with E-state index in [-0.39, 0.29) is 10.5 Å². The van der Waals surface area contributed by atoms with E-state index in [2.05, 4.69) is 26.8 Å². The highest BCUT2D eigenvalue weighted by atomic mass is 35.5. The zero-order valence-corrected chi connectivity index (χ0v) is 24.1. The van der Waals surface area contributed by atoms with E-state index in [9.17, 15) is 4.79 Å². The monoisotopic (exact) mass is 506 g/mol. The molecule has 0 radical (unpaired) electrons. The summed E-state index contributed by atoms with van der Waals surface area (Å²) in [4.78, 5) is 12.5. The molecule has 3 fully saturated rings. The topological polar surface area (TPSA) is 17.1 Å². The summed E-state index contributed by atoms with van der Waals surface area (Å²) in [7, 11) is 0. The molecular weight excluding hydrogens is 456 g/mol. The van der Waals surface area contributed by atoms with E-state index in [1.165, 1.54) is 89.9 Å². The maximum absolute atomic E-state index is 12.5. The molecule has 1 nitrogen and oxygen atoms in total. The fourth-order valence-corrected chi connectivity index (χ4v) is 10.2. The van der Waals surface area contributed by atoms with E-state index in [4.69, 9.17) is 11.6 Å². The molecule has 0 aromatic rings. The Morgan fingerprint density at radius 3 is 2.56 bits per heavy atom. The van der Waals surface area contributed by atoms with Gasteiger partial charge in [-0.15, -0.1) is 11.6 Å². The average Bonchev–Trinajstić information content (AvgIpc) is 3.17. The van der Waals surface area contributed by atoms with Crippen LogP contribution in [0.25, 0.3) is 0 Å². The lowest BCUT2D eigenvalue weighted by Crippen LogP contribution is -2.50. The van der Waals surface area contributed by atoms with Crippen molar-refractivity contribution in [1.82, 2.24) is 0 Å². The highest BCUT2D eigenvalue weighted by Gasteiger charge is 2.58. The first-order valence-electron chi connectivity index (χ1n) is 14.9. The Hall–Kier alpha value is 0.0500. The number of unbranched alkanes of at least 4 members (excludes halogenated alkanes) is 5. The third-order valence-corrected chi connectivity index (χ3v) is 12.9. The molecule has 3 heteroatoms. The first-order chi connectivity index (χ1) is 16.3. The summed E-state index contributed by atoms with van der Waals surface area (Å²) < 4.78 is 0. The maximum Gasteiger partial charge on any atom is 0.207 e. The molecule has 4 aliphatic rings. The normalized spacial score (nSPS) is 40.1. The second-order valence-corrected chi connectivity index (χ2v) is 14.6. The van der Waals surface area contributed by atoms with Gasteiger partial charge in [-0.3, -0.25) is 4.79 Å². The van der Waals surface area contributed by atoms with Gasteiger partial charge < -0.3 is 0 Å². The molecule has 0 N–H and O–H groups in total. The minimum absolute atomic E-state index is 0.197. The van der Waals surface area contributed by atoms with Crippen LogP contribution in [0.3, 0.4) is 0 Å². The molecule has 0 heterocycles. The second kappa shape index (κ2) is 11.6. The summed E-state index contributed by atoms with van der Waals surface area (Å²) in [5, 5.41) is 0.326. The first kappa shape index (κ1) is 27.1. The zero-order chi connectivity index (χ0) is 24.3. The summed E-state index contributed by atoms with van der Waals surface area (Å²) in [6.45, 7) is 9.62. The Balaban J connectivity index is 1.37. The number of allylic oxidation sites excluding steroid dienone is 2. The number of hydrogen-bond acceptors (Lipinski definition) is 2. The SMILES string of the molecule is CCCCCCCC[C@@H]1CC[C@@H]2[C@@H]3CC=C4C[C@@H](SC(=O)[C@H](Cl)CC)CC[C@]4(C)[C@H]3CC[C@]12C. The second-order valence-electron chi connectivity index (χ2n) is 12.8. The minimum Gasteiger partial charge on any atom is -0.286 e. The van der Waals surface area contributed by atoms with E-state index < -0.39 is 0 Å². The van der Waals surface area contributed by atoms with Crippen molar-refractivity contribution in [3.8, 4) is 0 Å². The predicted molar refractivity (Wildman–Crippen MR) is 150 cm³/mol. The van der Waals surface area contributed by atoms with E-state index in [0.29, 0.717) is 16.1 Å². The number of thioether (sulfide) groups is 1. The maximum atomic E-state index is 12.5. The molecule has 0 aromatic carbocycles. The van der Waals surface area contributed by atoms with Crippen molar-refractivity contribution in [3.63, 3.8) is 0 Å². The summed E-state index contributed by atoms with van der Waals surface area (Å²) in [5.41, 5.74) is 2.67. The molecule has 4 aliphatic carbocycles. The molecule has 0 saturated heterocycles. The molecule has 0 aromatic heterocycles. The van der Waals surface area contributed by atoms with E-state index in [1.807, 2.05) is 6.92 Å². The van der Waals surface area contributed by atoms with Crippen LogP contribution in [0.5, 0.6) is 0 Å². The minimum atomic E-state index is -0.314. The highest BCUT2D eigenvalue weighted by molar-refractivity contribution is 8.14. The molecule has 0 unspecified atom stereocenters. The van der Waals surface area contributed by atoms with Gasteiger partial charge in [0.1, 0.15) is 5.38 Å². The summed E-state index contributed by atoms with van der Waals surface area (Å²) in [6.07, 6.45) is 24.2. The molecule has 0 aliphatic heterocycles. The highest BCUT2D eigenvalue weighted by Crippen LogP contribution is 2.67.